The van der Waals surface area contributed by atoms with E-state index in [1.165, 1.54) is 0 Å². The van der Waals surface area contributed by atoms with E-state index in [9.17, 15) is 9.00 Å². The molecule has 2 unspecified atom stereocenters. The lowest BCUT2D eigenvalue weighted by molar-refractivity contribution is -0.120. The minimum atomic E-state index is -0.951. The fraction of sp³-hybridized carbons (Fsp3) is 0.900. The van der Waals surface area contributed by atoms with Gasteiger partial charge in [-0.3, -0.25) is 9.00 Å². The van der Waals surface area contributed by atoms with Crippen LogP contribution in [0.4, 0.5) is 0 Å². The Bertz CT molecular complexity index is 209. The molecule has 0 amide bonds. The number of carbonyl (C=O) groups is 1. The van der Waals surface area contributed by atoms with Crippen LogP contribution in [0.25, 0.3) is 0 Å². The summed E-state index contributed by atoms with van der Waals surface area (Å²) in [5.74, 6) is 1.03. The highest BCUT2D eigenvalue weighted by atomic mass is 32.2. The van der Waals surface area contributed by atoms with Crippen LogP contribution in [0.3, 0.4) is 0 Å². The summed E-state index contributed by atoms with van der Waals surface area (Å²) in [7, 11) is -0.951. The van der Waals surface area contributed by atoms with Gasteiger partial charge in [0.15, 0.2) is 5.78 Å². The van der Waals surface area contributed by atoms with E-state index in [0.717, 1.165) is 19.3 Å². The maximum Gasteiger partial charge on any atom is 0.150 e. The molecule has 14 heavy (non-hydrogen) atoms. The molecule has 0 aliphatic carbocycles. The van der Waals surface area contributed by atoms with Gasteiger partial charge in [0, 0.05) is 29.1 Å². The van der Waals surface area contributed by atoms with E-state index >= 15 is 0 Å². The molecule has 4 heteroatoms. The summed E-state index contributed by atoms with van der Waals surface area (Å²) in [6.45, 7) is 3.27. The van der Waals surface area contributed by atoms with Gasteiger partial charge in [-0.2, -0.15) is 0 Å². The first-order valence-electron chi connectivity index (χ1n) is 5.19. The standard InChI is InChI=1S/C10H18O3S/c1-2-3-6-14(12)8-10(11)9-4-5-13-7-9/h9H,2-8H2,1H3. The first-order chi connectivity index (χ1) is 6.74. The van der Waals surface area contributed by atoms with Gasteiger partial charge < -0.3 is 4.74 Å². The summed E-state index contributed by atoms with van der Waals surface area (Å²) in [5, 5.41) is 0. The molecule has 1 aliphatic heterocycles. The van der Waals surface area contributed by atoms with Crippen molar-refractivity contribution in [1.82, 2.24) is 0 Å². The maximum atomic E-state index is 11.5. The minimum Gasteiger partial charge on any atom is -0.381 e. The zero-order valence-corrected chi connectivity index (χ0v) is 9.48. The predicted molar refractivity (Wildman–Crippen MR) is 56.7 cm³/mol. The molecule has 0 aromatic heterocycles. The van der Waals surface area contributed by atoms with Crippen molar-refractivity contribution in [3.05, 3.63) is 0 Å². The minimum absolute atomic E-state index is 0.0144. The molecule has 0 spiro atoms. The van der Waals surface area contributed by atoms with Gasteiger partial charge in [0.05, 0.1) is 12.4 Å². The maximum absolute atomic E-state index is 11.5. The summed E-state index contributed by atoms with van der Waals surface area (Å²) >= 11 is 0. The molecule has 0 N–H and O–H groups in total. The third-order valence-electron chi connectivity index (χ3n) is 2.41. The van der Waals surface area contributed by atoms with Crippen molar-refractivity contribution in [2.24, 2.45) is 5.92 Å². The van der Waals surface area contributed by atoms with Crippen molar-refractivity contribution in [2.45, 2.75) is 26.2 Å². The van der Waals surface area contributed by atoms with Gasteiger partial charge in [-0.1, -0.05) is 13.3 Å². The number of hydrogen-bond acceptors (Lipinski definition) is 3. The van der Waals surface area contributed by atoms with Crippen molar-refractivity contribution in [3.8, 4) is 0 Å². The number of carbonyl (C=O) groups excluding carboxylic acids is 1. The lowest BCUT2D eigenvalue weighted by Gasteiger charge is -2.05. The molecule has 0 saturated carbocycles. The van der Waals surface area contributed by atoms with Crippen LogP contribution in [0.1, 0.15) is 26.2 Å². The molecule has 1 saturated heterocycles. The molecule has 1 heterocycles. The Labute approximate surface area is 87.7 Å². The van der Waals surface area contributed by atoms with Gasteiger partial charge in [0.1, 0.15) is 0 Å². The Morgan fingerprint density at radius 1 is 1.57 bits per heavy atom. The molecule has 0 aromatic rings. The first kappa shape index (κ1) is 11.9. The SMILES string of the molecule is CCCCS(=O)CC(=O)C1CCOC1. The molecular weight excluding hydrogens is 200 g/mol. The second-order valence-corrected chi connectivity index (χ2v) is 5.25. The molecule has 1 aliphatic rings. The highest BCUT2D eigenvalue weighted by molar-refractivity contribution is 7.85. The van der Waals surface area contributed by atoms with Crippen LogP contribution in [0.5, 0.6) is 0 Å². The molecule has 1 rings (SSSR count). The lowest BCUT2D eigenvalue weighted by atomic mass is 10.1. The summed E-state index contributed by atoms with van der Waals surface area (Å²) in [4.78, 5) is 11.5. The average Bonchev–Trinajstić information content (AvgIpc) is 2.67. The Morgan fingerprint density at radius 2 is 2.36 bits per heavy atom. The molecule has 3 nitrogen and oxygen atoms in total. The van der Waals surface area contributed by atoms with Crippen molar-refractivity contribution in [3.63, 3.8) is 0 Å². The second-order valence-electron chi connectivity index (χ2n) is 3.67. The Balaban J connectivity index is 2.21. The normalized spacial score (nSPS) is 23.6. The third-order valence-corrected chi connectivity index (χ3v) is 3.76. The Morgan fingerprint density at radius 3 is 2.93 bits per heavy atom. The van der Waals surface area contributed by atoms with Crippen molar-refractivity contribution >= 4 is 16.6 Å². The summed E-state index contributed by atoms with van der Waals surface area (Å²) < 4.78 is 16.5. The molecule has 2 atom stereocenters. The fourth-order valence-electron chi connectivity index (χ4n) is 1.44. The second kappa shape index (κ2) is 6.30. The summed E-state index contributed by atoms with van der Waals surface area (Å²) in [5.41, 5.74) is 0. The van der Waals surface area contributed by atoms with Gasteiger partial charge in [-0.25, -0.2) is 0 Å². The van der Waals surface area contributed by atoms with E-state index in [-0.39, 0.29) is 17.5 Å². The summed E-state index contributed by atoms with van der Waals surface area (Å²) in [6, 6.07) is 0. The molecule has 0 bridgehead atoms. The van der Waals surface area contributed by atoms with E-state index in [2.05, 4.69) is 6.92 Å². The molecule has 0 aromatic carbocycles. The van der Waals surface area contributed by atoms with Crippen LogP contribution in [0, 0.1) is 5.92 Å². The quantitative estimate of drug-likeness (QED) is 0.671. The average molecular weight is 218 g/mol. The molecule has 0 radical (unpaired) electrons. The van der Waals surface area contributed by atoms with E-state index in [0.29, 0.717) is 19.0 Å². The Hall–Kier alpha value is -0.220. The third kappa shape index (κ3) is 3.88. The highest BCUT2D eigenvalue weighted by Crippen LogP contribution is 2.13. The van der Waals surface area contributed by atoms with Crippen LogP contribution in [-0.2, 0) is 20.3 Å². The van der Waals surface area contributed by atoms with E-state index < -0.39 is 10.8 Å². The summed E-state index contributed by atoms with van der Waals surface area (Å²) in [6.07, 6.45) is 2.79. The first-order valence-corrected chi connectivity index (χ1v) is 6.68. The van der Waals surface area contributed by atoms with E-state index in [1.807, 2.05) is 0 Å². The van der Waals surface area contributed by atoms with Crippen LogP contribution in [0.15, 0.2) is 0 Å². The van der Waals surface area contributed by atoms with Gasteiger partial charge >= 0.3 is 0 Å². The molecule has 82 valence electrons. The highest BCUT2D eigenvalue weighted by Gasteiger charge is 2.24. The van der Waals surface area contributed by atoms with Crippen molar-refractivity contribution in [2.75, 3.05) is 24.7 Å². The van der Waals surface area contributed by atoms with E-state index in [4.69, 9.17) is 4.74 Å². The number of rotatable bonds is 6. The van der Waals surface area contributed by atoms with Crippen molar-refractivity contribution in [1.29, 1.82) is 0 Å². The van der Waals surface area contributed by atoms with Crippen LogP contribution < -0.4 is 0 Å². The smallest absolute Gasteiger partial charge is 0.150 e. The fourth-order valence-corrected chi connectivity index (χ4v) is 2.75. The number of ketones is 1. The lowest BCUT2D eigenvalue weighted by Crippen LogP contribution is -2.22. The molecular formula is C10H18O3S. The number of ether oxygens (including phenoxy) is 1. The van der Waals surface area contributed by atoms with Crippen LogP contribution in [-0.4, -0.2) is 34.7 Å². The monoisotopic (exact) mass is 218 g/mol. The van der Waals surface area contributed by atoms with Gasteiger partial charge in [-0.15, -0.1) is 0 Å². The largest absolute Gasteiger partial charge is 0.381 e. The van der Waals surface area contributed by atoms with E-state index in [1.54, 1.807) is 0 Å². The number of unbranched alkanes of at least 4 members (excludes halogenated alkanes) is 1. The van der Waals surface area contributed by atoms with Crippen molar-refractivity contribution < 1.29 is 13.7 Å². The number of Topliss-reactive ketones (excluding diaryl/α,β-unsaturated/α-hetero) is 1. The topological polar surface area (TPSA) is 43.4 Å². The molecule has 1 fully saturated rings. The van der Waals surface area contributed by atoms with Gasteiger partial charge in [-0.05, 0) is 12.8 Å². The Kier molecular flexibility index (Phi) is 5.33. The predicted octanol–water partition coefficient (Wildman–Crippen LogP) is 1.14. The van der Waals surface area contributed by atoms with Crippen LogP contribution in [0.2, 0.25) is 0 Å². The van der Waals surface area contributed by atoms with Crippen LogP contribution >= 0.6 is 0 Å². The van der Waals surface area contributed by atoms with Gasteiger partial charge in [0.25, 0.3) is 0 Å². The zero-order chi connectivity index (χ0) is 10.4. The zero-order valence-electron chi connectivity index (χ0n) is 8.66. The van der Waals surface area contributed by atoms with Gasteiger partial charge in [0.2, 0.25) is 0 Å². The number of hydrogen-bond donors (Lipinski definition) is 0.